The van der Waals surface area contributed by atoms with Crippen LogP contribution in [0.2, 0.25) is 0 Å². The van der Waals surface area contributed by atoms with Crippen molar-refractivity contribution in [2.24, 2.45) is 11.8 Å². The van der Waals surface area contributed by atoms with Crippen LogP contribution in [-0.2, 0) is 4.74 Å². The lowest BCUT2D eigenvalue weighted by Crippen LogP contribution is -2.52. The molecule has 0 saturated heterocycles. The van der Waals surface area contributed by atoms with Gasteiger partial charge in [0.2, 0.25) is 0 Å². The van der Waals surface area contributed by atoms with E-state index in [1.54, 1.807) is 0 Å². The fraction of sp³-hybridized carbons (Fsp3) is 1.00. The highest BCUT2D eigenvalue weighted by Crippen LogP contribution is 2.47. The molecule has 0 bridgehead atoms. The monoisotopic (exact) mass is 298 g/mol. The normalized spacial score (nSPS) is 18.3. The summed E-state index contributed by atoms with van der Waals surface area (Å²) in [5.41, 5.74) is -2.12. The van der Waals surface area contributed by atoms with Gasteiger partial charge in [-0.25, -0.2) is 8.78 Å². The molecular weight excluding hydrogens is 281 g/mol. The first-order valence-electron chi connectivity index (χ1n) is 5.54. The molecule has 0 aliphatic carbocycles. The predicted octanol–water partition coefficient (Wildman–Crippen LogP) is 4.86. The summed E-state index contributed by atoms with van der Waals surface area (Å²) in [4.78, 5) is 0. The lowest BCUT2D eigenvalue weighted by atomic mass is 9.81. The highest BCUT2D eigenvalue weighted by atomic mass is 19.4. The smallest absolute Gasteiger partial charge is 0.314 e. The Morgan fingerprint density at radius 2 is 1.11 bits per heavy atom. The van der Waals surface area contributed by atoms with E-state index in [0.717, 1.165) is 20.8 Å². The molecule has 0 aromatic heterocycles. The van der Waals surface area contributed by atoms with Crippen LogP contribution in [0.25, 0.3) is 0 Å². The van der Waals surface area contributed by atoms with Crippen LogP contribution in [0.3, 0.4) is 0 Å². The second kappa shape index (κ2) is 5.10. The zero-order valence-electron chi connectivity index (χ0n) is 11.2. The second-order valence-electron chi connectivity index (χ2n) is 5.17. The van der Waals surface area contributed by atoms with E-state index in [-0.39, 0.29) is 0 Å². The van der Waals surface area contributed by atoms with Gasteiger partial charge in [0.25, 0.3) is 5.92 Å². The molecule has 0 aromatic carbocycles. The minimum atomic E-state index is -5.12. The first kappa shape index (κ1) is 18.5. The largest absolute Gasteiger partial charge is 0.397 e. The number of hydrogen-bond acceptors (Lipinski definition) is 1. The second-order valence-corrected chi connectivity index (χ2v) is 5.17. The van der Waals surface area contributed by atoms with E-state index in [1.165, 1.54) is 0 Å². The number of rotatable bonds is 5. The van der Waals surface area contributed by atoms with Crippen LogP contribution in [0, 0.1) is 11.8 Å². The third-order valence-corrected chi connectivity index (χ3v) is 3.13. The molecule has 1 nitrogen and oxygen atoms in total. The Balaban J connectivity index is 5.22. The molecule has 0 heterocycles. The highest BCUT2D eigenvalue weighted by molar-refractivity contribution is 4.92. The molecule has 116 valence electrons. The zero-order chi connectivity index (χ0) is 15.9. The van der Waals surface area contributed by atoms with Crippen molar-refractivity contribution in [1.82, 2.24) is 0 Å². The van der Waals surface area contributed by atoms with Gasteiger partial charge in [0.15, 0.2) is 0 Å². The highest BCUT2D eigenvalue weighted by Gasteiger charge is 2.59. The van der Waals surface area contributed by atoms with Gasteiger partial charge in [-0.05, 0) is 20.8 Å². The summed E-state index contributed by atoms with van der Waals surface area (Å²) in [6, 6.07) is 0. The van der Waals surface area contributed by atoms with Gasteiger partial charge in [-0.15, -0.1) is 0 Å². The van der Waals surface area contributed by atoms with Gasteiger partial charge in [0.05, 0.1) is 5.60 Å². The van der Waals surface area contributed by atoms with E-state index in [2.05, 4.69) is 4.74 Å². The Hall–Kier alpha value is -0.530. The fourth-order valence-electron chi connectivity index (χ4n) is 1.61. The van der Waals surface area contributed by atoms with Gasteiger partial charge < -0.3 is 4.74 Å². The van der Waals surface area contributed by atoms with Crippen LogP contribution in [-0.4, -0.2) is 23.8 Å². The molecule has 0 N–H and O–H groups in total. The van der Waals surface area contributed by atoms with Crippen molar-refractivity contribution in [2.75, 3.05) is 0 Å². The lowest BCUT2D eigenvalue weighted by molar-refractivity contribution is -0.318. The molecule has 0 fully saturated rings. The molecule has 0 aliphatic rings. The first-order chi connectivity index (χ1) is 8.02. The predicted molar refractivity (Wildman–Crippen MR) is 55.1 cm³/mol. The summed E-state index contributed by atoms with van der Waals surface area (Å²) in [5, 5.41) is 0. The van der Waals surface area contributed by atoms with Crippen LogP contribution in [0.1, 0.15) is 34.6 Å². The summed E-state index contributed by atoms with van der Waals surface area (Å²) in [6.07, 6.45) is -8.84. The topological polar surface area (TPSA) is 9.23 Å². The molecule has 2 atom stereocenters. The van der Waals surface area contributed by atoms with Gasteiger partial charge in [-0.2, -0.15) is 22.0 Å². The molecule has 0 saturated carbocycles. The maximum absolute atomic E-state index is 13.7. The summed E-state index contributed by atoms with van der Waals surface area (Å²) in [5.74, 6) is -9.24. The SMILES string of the molecule is CC(C(F)(F)F)C(F)(F)C(C)C(C)(C)OC(C)(F)F. The molecule has 0 aliphatic heterocycles. The first-order valence-corrected chi connectivity index (χ1v) is 5.54. The van der Waals surface area contributed by atoms with Gasteiger partial charge in [-0.1, -0.05) is 6.92 Å². The molecule has 0 aromatic rings. The molecule has 8 heteroatoms. The summed E-state index contributed by atoms with van der Waals surface area (Å²) < 4.78 is 94.1. The number of hydrogen-bond donors (Lipinski definition) is 0. The summed E-state index contributed by atoms with van der Waals surface area (Å²) >= 11 is 0. The van der Waals surface area contributed by atoms with E-state index in [9.17, 15) is 30.7 Å². The third-order valence-electron chi connectivity index (χ3n) is 3.13. The van der Waals surface area contributed by atoms with Gasteiger partial charge in [0, 0.05) is 12.8 Å². The van der Waals surface area contributed by atoms with Crippen molar-refractivity contribution in [1.29, 1.82) is 0 Å². The van der Waals surface area contributed by atoms with Crippen LogP contribution < -0.4 is 0 Å². The minimum Gasteiger partial charge on any atom is -0.314 e. The summed E-state index contributed by atoms with van der Waals surface area (Å²) in [7, 11) is 0. The molecule has 0 rings (SSSR count). The molecule has 0 radical (unpaired) electrons. The van der Waals surface area contributed by atoms with Crippen molar-refractivity contribution in [3.8, 4) is 0 Å². The van der Waals surface area contributed by atoms with Crippen LogP contribution in [0.5, 0.6) is 0 Å². The van der Waals surface area contributed by atoms with Crippen LogP contribution in [0.4, 0.5) is 30.7 Å². The molecule has 0 amide bonds. The van der Waals surface area contributed by atoms with E-state index in [0.29, 0.717) is 13.8 Å². The van der Waals surface area contributed by atoms with E-state index in [4.69, 9.17) is 0 Å². The maximum Gasteiger partial charge on any atom is 0.397 e. The average molecular weight is 298 g/mol. The third kappa shape index (κ3) is 4.81. The van der Waals surface area contributed by atoms with Crippen molar-refractivity contribution >= 4 is 0 Å². The van der Waals surface area contributed by atoms with E-state index < -0.39 is 35.6 Å². The number of alkyl halides is 7. The zero-order valence-corrected chi connectivity index (χ0v) is 11.2. The Morgan fingerprint density at radius 1 is 0.737 bits per heavy atom. The van der Waals surface area contributed by atoms with Crippen LogP contribution in [0.15, 0.2) is 0 Å². The Bertz CT molecular complexity index is 303. The van der Waals surface area contributed by atoms with Crippen LogP contribution >= 0.6 is 0 Å². The van der Waals surface area contributed by atoms with Crippen molar-refractivity contribution < 1.29 is 35.5 Å². The molecule has 0 spiro atoms. The molecular formula is C11H17F7O. The Labute approximate surface area is 107 Å². The maximum atomic E-state index is 13.7. The summed E-state index contributed by atoms with van der Waals surface area (Å²) in [6.45, 7) is 3.23. The molecule has 2 unspecified atom stereocenters. The minimum absolute atomic E-state index is 0.316. The van der Waals surface area contributed by atoms with E-state index >= 15 is 0 Å². The van der Waals surface area contributed by atoms with Gasteiger partial charge >= 0.3 is 12.3 Å². The van der Waals surface area contributed by atoms with Crippen molar-refractivity contribution in [3.05, 3.63) is 0 Å². The number of ether oxygens (including phenoxy) is 1. The quantitative estimate of drug-likeness (QED) is 0.658. The van der Waals surface area contributed by atoms with Gasteiger partial charge in [-0.3, -0.25) is 0 Å². The molecule has 19 heavy (non-hydrogen) atoms. The number of halogens is 7. The Kier molecular flexibility index (Phi) is 4.96. The van der Waals surface area contributed by atoms with E-state index in [1.807, 2.05) is 0 Å². The van der Waals surface area contributed by atoms with Gasteiger partial charge in [0.1, 0.15) is 5.92 Å². The van der Waals surface area contributed by atoms with Crippen molar-refractivity contribution in [3.63, 3.8) is 0 Å². The lowest BCUT2D eigenvalue weighted by Gasteiger charge is -2.40. The standard InChI is InChI=1S/C11H17F7O/c1-6(8(3,4)19-9(5,12)13)10(14,15)7(2)11(16,17)18/h6-7H,1-5H3. The Morgan fingerprint density at radius 3 is 1.37 bits per heavy atom. The van der Waals surface area contributed by atoms with Crippen molar-refractivity contribution in [2.45, 2.75) is 58.4 Å². The fourth-order valence-corrected chi connectivity index (χ4v) is 1.61. The average Bonchev–Trinajstić information content (AvgIpc) is 2.09.